The molecule has 2 amide bonds. The van der Waals surface area contributed by atoms with Crippen molar-refractivity contribution in [2.24, 2.45) is 0 Å². The van der Waals surface area contributed by atoms with E-state index in [4.69, 9.17) is 0 Å². The molecule has 6 nitrogen and oxygen atoms in total. The summed E-state index contributed by atoms with van der Waals surface area (Å²) >= 11 is 0. The molecule has 2 aromatic rings. The lowest BCUT2D eigenvalue weighted by Crippen LogP contribution is -2.35. The number of benzene rings is 1. The molecule has 0 bridgehead atoms. The van der Waals surface area contributed by atoms with E-state index < -0.39 is 0 Å². The van der Waals surface area contributed by atoms with Gasteiger partial charge in [-0.05, 0) is 18.9 Å². The third-order valence-electron chi connectivity index (χ3n) is 4.73. The molecule has 0 saturated carbocycles. The Kier molecular flexibility index (Phi) is 6.90. The summed E-state index contributed by atoms with van der Waals surface area (Å²) in [6.07, 6.45) is 6.36. The number of nitrogens with zero attached hydrogens (tertiary/aromatic N) is 3. The molecule has 1 aromatic carbocycles. The first kappa shape index (κ1) is 19.0. The minimum atomic E-state index is -0.0359. The number of hydrogen-bond acceptors (Lipinski definition) is 4. The van der Waals surface area contributed by atoms with Crippen LogP contribution in [0.1, 0.15) is 37.9 Å². The van der Waals surface area contributed by atoms with Crippen molar-refractivity contribution in [3.05, 3.63) is 48.4 Å². The summed E-state index contributed by atoms with van der Waals surface area (Å²) in [4.78, 5) is 34.7. The second-order valence-electron chi connectivity index (χ2n) is 6.77. The minimum absolute atomic E-state index is 0.0359. The van der Waals surface area contributed by atoms with Crippen molar-refractivity contribution < 1.29 is 9.59 Å². The molecule has 1 aliphatic rings. The highest BCUT2D eigenvalue weighted by Gasteiger charge is 2.17. The van der Waals surface area contributed by atoms with Crippen LogP contribution in [0.5, 0.6) is 0 Å². The molecule has 3 rings (SSSR count). The number of carbonyl (C=O) groups excluding carboxylic acids is 2. The molecule has 27 heavy (non-hydrogen) atoms. The van der Waals surface area contributed by atoms with Gasteiger partial charge in [-0.3, -0.25) is 9.59 Å². The molecule has 0 spiro atoms. The van der Waals surface area contributed by atoms with Crippen LogP contribution in [0.4, 0.5) is 0 Å². The summed E-state index contributed by atoms with van der Waals surface area (Å²) < 4.78 is 0. The number of hydrogen-bond donors (Lipinski definition) is 1. The Hall–Kier alpha value is -2.76. The van der Waals surface area contributed by atoms with Gasteiger partial charge in [-0.1, -0.05) is 36.8 Å². The van der Waals surface area contributed by atoms with Crippen LogP contribution in [0, 0.1) is 0 Å². The van der Waals surface area contributed by atoms with Gasteiger partial charge < -0.3 is 10.2 Å². The fraction of sp³-hybridized carbons (Fsp3) is 0.429. The molecule has 1 fully saturated rings. The van der Waals surface area contributed by atoms with Gasteiger partial charge in [0.15, 0.2) is 0 Å². The predicted octanol–water partition coefficient (Wildman–Crippen LogP) is 2.60. The molecule has 0 aliphatic carbocycles. The monoisotopic (exact) mass is 366 g/mol. The molecular formula is C21H26N4O2. The van der Waals surface area contributed by atoms with E-state index >= 15 is 0 Å². The quantitative estimate of drug-likeness (QED) is 0.817. The molecule has 1 N–H and O–H groups in total. The van der Waals surface area contributed by atoms with Crippen molar-refractivity contribution in [1.82, 2.24) is 20.2 Å². The summed E-state index contributed by atoms with van der Waals surface area (Å²) in [5.41, 5.74) is 1.93. The lowest BCUT2D eigenvalue weighted by molar-refractivity contribution is -0.131. The number of aromatic nitrogens is 2. The molecule has 142 valence electrons. The van der Waals surface area contributed by atoms with Crippen LogP contribution in [-0.2, 0) is 16.0 Å². The summed E-state index contributed by atoms with van der Waals surface area (Å²) in [5, 5.41) is 2.90. The lowest BCUT2D eigenvalue weighted by atomic mass is 10.1. The Morgan fingerprint density at radius 2 is 1.96 bits per heavy atom. The van der Waals surface area contributed by atoms with Crippen molar-refractivity contribution >= 4 is 11.8 Å². The van der Waals surface area contributed by atoms with Crippen LogP contribution < -0.4 is 5.32 Å². The average Bonchev–Trinajstić information content (AvgIpc) is 2.91. The molecular weight excluding hydrogens is 340 g/mol. The average molecular weight is 366 g/mol. The molecule has 1 aliphatic heterocycles. The van der Waals surface area contributed by atoms with E-state index in [2.05, 4.69) is 15.3 Å². The van der Waals surface area contributed by atoms with E-state index in [1.54, 1.807) is 6.20 Å². The lowest BCUT2D eigenvalue weighted by Gasteiger charge is -2.20. The van der Waals surface area contributed by atoms with Gasteiger partial charge in [-0.25, -0.2) is 9.97 Å². The van der Waals surface area contributed by atoms with E-state index in [1.807, 2.05) is 41.3 Å². The van der Waals surface area contributed by atoms with Crippen LogP contribution in [0.15, 0.2) is 42.6 Å². The first-order chi connectivity index (χ1) is 13.2. The zero-order chi connectivity index (χ0) is 18.9. The topological polar surface area (TPSA) is 75.2 Å². The number of likely N-dealkylation sites (tertiary alicyclic amines) is 1. The van der Waals surface area contributed by atoms with Crippen LogP contribution in [0.2, 0.25) is 0 Å². The number of carbonyl (C=O) groups is 2. The molecule has 0 unspecified atom stereocenters. The summed E-state index contributed by atoms with van der Waals surface area (Å²) in [5.74, 6) is 0.844. The van der Waals surface area contributed by atoms with Gasteiger partial charge in [0.25, 0.3) is 0 Å². The number of amides is 2. The Balaban J connectivity index is 1.43. The maximum atomic E-state index is 12.1. The second kappa shape index (κ2) is 9.80. The predicted molar refractivity (Wildman–Crippen MR) is 104 cm³/mol. The highest BCUT2D eigenvalue weighted by molar-refractivity contribution is 5.79. The van der Waals surface area contributed by atoms with Crippen molar-refractivity contribution in [1.29, 1.82) is 0 Å². The zero-order valence-electron chi connectivity index (χ0n) is 15.6. The van der Waals surface area contributed by atoms with Crippen LogP contribution in [-0.4, -0.2) is 46.3 Å². The SMILES string of the molecule is O=C(CCN1CCCCCC1=O)NCCc1nccc(-c2ccccc2)n1. The fourth-order valence-corrected chi connectivity index (χ4v) is 3.20. The van der Waals surface area contributed by atoms with Crippen LogP contribution in [0.3, 0.4) is 0 Å². The van der Waals surface area contributed by atoms with Crippen LogP contribution >= 0.6 is 0 Å². The summed E-state index contributed by atoms with van der Waals surface area (Å²) in [6, 6.07) is 11.8. The molecule has 0 atom stereocenters. The van der Waals surface area contributed by atoms with Gasteiger partial charge in [-0.2, -0.15) is 0 Å². The van der Waals surface area contributed by atoms with Gasteiger partial charge in [0.2, 0.25) is 11.8 Å². The highest BCUT2D eigenvalue weighted by Crippen LogP contribution is 2.15. The van der Waals surface area contributed by atoms with Crippen molar-refractivity contribution in [2.75, 3.05) is 19.6 Å². The van der Waals surface area contributed by atoms with Crippen molar-refractivity contribution in [3.8, 4) is 11.3 Å². The molecule has 6 heteroatoms. The van der Waals surface area contributed by atoms with E-state index in [1.165, 1.54) is 0 Å². The van der Waals surface area contributed by atoms with Gasteiger partial charge in [0.1, 0.15) is 5.82 Å². The Labute approximate surface area is 160 Å². The molecule has 2 heterocycles. The smallest absolute Gasteiger partial charge is 0.222 e. The molecule has 1 saturated heterocycles. The van der Waals surface area contributed by atoms with E-state index in [9.17, 15) is 9.59 Å². The maximum Gasteiger partial charge on any atom is 0.222 e. The molecule has 0 radical (unpaired) electrons. The Bertz CT molecular complexity index is 764. The first-order valence-electron chi connectivity index (χ1n) is 9.64. The van der Waals surface area contributed by atoms with E-state index in [-0.39, 0.29) is 11.8 Å². The first-order valence-corrected chi connectivity index (χ1v) is 9.64. The zero-order valence-corrected chi connectivity index (χ0v) is 15.6. The number of nitrogens with one attached hydrogen (secondary N) is 1. The van der Waals surface area contributed by atoms with Crippen molar-refractivity contribution in [2.45, 2.75) is 38.5 Å². The van der Waals surface area contributed by atoms with Gasteiger partial charge in [0.05, 0.1) is 5.69 Å². The second-order valence-corrected chi connectivity index (χ2v) is 6.77. The normalized spacial score (nSPS) is 14.7. The number of rotatable bonds is 7. The Morgan fingerprint density at radius 3 is 2.81 bits per heavy atom. The van der Waals surface area contributed by atoms with E-state index in [0.29, 0.717) is 38.2 Å². The van der Waals surface area contributed by atoms with Crippen LogP contribution in [0.25, 0.3) is 11.3 Å². The maximum absolute atomic E-state index is 12.1. The fourth-order valence-electron chi connectivity index (χ4n) is 3.20. The minimum Gasteiger partial charge on any atom is -0.356 e. The summed E-state index contributed by atoms with van der Waals surface area (Å²) in [6.45, 7) is 1.77. The highest BCUT2D eigenvalue weighted by atomic mass is 16.2. The molecule has 1 aromatic heterocycles. The third kappa shape index (κ3) is 5.88. The van der Waals surface area contributed by atoms with Gasteiger partial charge in [-0.15, -0.1) is 0 Å². The van der Waals surface area contributed by atoms with Gasteiger partial charge >= 0.3 is 0 Å². The summed E-state index contributed by atoms with van der Waals surface area (Å²) in [7, 11) is 0. The van der Waals surface area contributed by atoms with Crippen molar-refractivity contribution in [3.63, 3.8) is 0 Å². The Morgan fingerprint density at radius 1 is 1.11 bits per heavy atom. The van der Waals surface area contributed by atoms with E-state index in [0.717, 1.165) is 37.1 Å². The third-order valence-corrected chi connectivity index (χ3v) is 4.73. The standard InChI is InChI=1S/C21H26N4O2/c26-20(12-16-25-15-6-2-5-9-21(25)27)23-14-11-19-22-13-10-18(24-19)17-7-3-1-4-8-17/h1,3-4,7-8,10,13H,2,5-6,9,11-12,14-16H2,(H,23,26). The van der Waals surface area contributed by atoms with Gasteiger partial charge in [0, 0.05) is 50.7 Å². The largest absolute Gasteiger partial charge is 0.356 e.